The summed E-state index contributed by atoms with van der Waals surface area (Å²) < 4.78 is 0. The SMILES string of the molecule is O=C1c2ccccc2C(O)N1CC(Cl)=C1CCNCC1. The quantitative estimate of drug-likeness (QED) is 0.877. The number of hydrogen-bond donors (Lipinski definition) is 2. The van der Waals surface area contributed by atoms with Gasteiger partial charge in [0.25, 0.3) is 5.91 Å². The standard InChI is InChI=1S/C15H17ClN2O2/c16-13(10-5-7-17-8-6-10)9-18-14(19)11-3-1-2-4-12(11)15(18)20/h1-4,14,17,19H,5-9H2. The lowest BCUT2D eigenvalue weighted by molar-refractivity contribution is 0.0226. The molecule has 1 aromatic rings. The minimum atomic E-state index is -0.894. The van der Waals surface area contributed by atoms with Crippen molar-refractivity contribution < 1.29 is 9.90 Å². The molecule has 1 saturated heterocycles. The zero-order valence-electron chi connectivity index (χ0n) is 11.1. The van der Waals surface area contributed by atoms with Crippen LogP contribution in [0.5, 0.6) is 0 Å². The van der Waals surface area contributed by atoms with Crippen molar-refractivity contribution in [3.63, 3.8) is 0 Å². The van der Waals surface area contributed by atoms with Crippen LogP contribution in [0.15, 0.2) is 34.9 Å². The monoisotopic (exact) mass is 292 g/mol. The van der Waals surface area contributed by atoms with Crippen LogP contribution in [0.2, 0.25) is 0 Å². The Balaban J connectivity index is 1.81. The Morgan fingerprint density at radius 3 is 2.75 bits per heavy atom. The van der Waals surface area contributed by atoms with Crippen LogP contribution in [0.3, 0.4) is 0 Å². The molecule has 2 aliphatic rings. The fraction of sp³-hybridized carbons (Fsp3) is 0.400. The smallest absolute Gasteiger partial charge is 0.256 e. The lowest BCUT2D eigenvalue weighted by Crippen LogP contribution is -2.30. The number of fused-ring (bicyclic) bond motifs is 1. The van der Waals surface area contributed by atoms with Gasteiger partial charge in [0.2, 0.25) is 0 Å². The largest absolute Gasteiger partial charge is 0.369 e. The van der Waals surface area contributed by atoms with Gasteiger partial charge in [-0.1, -0.05) is 35.4 Å². The first-order valence-corrected chi connectivity index (χ1v) is 7.21. The average molecular weight is 293 g/mol. The lowest BCUT2D eigenvalue weighted by Gasteiger charge is -2.23. The first-order valence-electron chi connectivity index (χ1n) is 6.83. The molecule has 2 N–H and O–H groups in total. The maximum atomic E-state index is 12.3. The number of rotatable bonds is 2. The fourth-order valence-corrected chi connectivity index (χ4v) is 3.09. The van der Waals surface area contributed by atoms with Crippen molar-refractivity contribution in [2.24, 2.45) is 0 Å². The van der Waals surface area contributed by atoms with E-state index in [2.05, 4.69) is 5.32 Å². The summed E-state index contributed by atoms with van der Waals surface area (Å²) in [6, 6.07) is 7.15. The first-order chi connectivity index (χ1) is 9.68. The van der Waals surface area contributed by atoms with E-state index in [1.807, 2.05) is 6.07 Å². The second kappa shape index (κ2) is 5.56. The van der Waals surface area contributed by atoms with Gasteiger partial charge in [0.15, 0.2) is 6.23 Å². The minimum Gasteiger partial charge on any atom is -0.369 e. The van der Waals surface area contributed by atoms with Crippen molar-refractivity contribution in [1.29, 1.82) is 0 Å². The molecule has 0 aromatic heterocycles. The Morgan fingerprint density at radius 2 is 2.05 bits per heavy atom. The van der Waals surface area contributed by atoms with Crippen molar-refractivity contribution in [3.05, 3.63) is 46.0 Å². The van der Waals surface area contributed by atoms with E-state index >= 15 is 0 Å². The van der Waals surface area contributed by atoms with Gasteiger partial charge in [-0.2, -0.15) is 0 Å². The summed E-state index contributed by atoms with van der Waals surface area (Å²) in [6.45, 7) is 2.12. The molecule has 1 unspecified atom stereocenters. The number of amides is 1. The molecule has 0 radical (unpaired) electrons. The van der Waals surface area contributed by atoms with Crippen molar-refractivity contribution in [1.82, 2.24) is 10.2 Å². The molecule has 0 spiro atoms. The van der Waals surface area contributed by atoms with Crippen molar-refractivity contribution >= 4 is 17.5 Å². The number of halogens is 1. The number of nitrogens with zero attached hydrogens (tertiary/aromatic N) is 1. The molecular weight excluding hydrogens is 276 g/mol. The predicted octanol–water partition coefficient (Wildman–Crippen LogP) is 2.01. The van der Waals surface area contributed by atoms with Crippen molar-refractivity contribution in [2.45, 2.75) is 19.1 Å². The summed E-state index contributed by atoms with van der Waals surface area (Å²) in [5, 5.41) is 14.2. The van der Waals surface area contributed by atoms with Crippen LogP contribution in [-0.2, 0) is 0 Å². The molecule has 1 fully saturated rings. The van der Waals surface area contributed by atoms with Crippen molar-refractivity contribution in [2.75, 3.05) is 19.6 Å². The number of piperidine rings is 1. The third-order valence-corrected chi connectivity index (χ3v) is 4.31. The van der Waals surface area contributed by atoms with Gasteiger partial charge in [0.05, 0.1) is 6.54 Å². The Kier molecular flexibility index (Phi) is 3.78. The number of aliphatic hydroxyl groups excluding tert-OH is 1. The Labute approximate surface area is 123 Å². The molecule has 3 rings (SSSR count). The molecule has 1 amide bonds. The third-order valence-electron chi connectivity index (χ3n) is 3.93. The maximum absolute atomic E-state index is 12.3. The van der Waals surface area contributed by atoms with E-state index in [9.17, 15) is 9.90 Å². The molecule has 0 bridgehead atoms. The molecule has 0 saturated carbocycles. The zero-order chi connectivity index (χ0) is 14.1. The molecule has 0 aliphatic carbocycles. The predicted molar refractivity (Wildman–Crippen MR) is 77.4 cm³/mol. The van der Waals surface area contributed by atoms with E-state index in [0.29, 0.717) is 16.2 Å². The zero-order valence-corrected chi connectivity index (χ0v) is 11.9. The highest BCUT2D eigenvalue weighted by Gasteiger charge is 2.35. The molecule has 1 atom stereocenters. The number of carbonyl (C=O) groups is 1. The van der Waals surface area contributed by atoms with E-state index in [-0.39, 0.29) is 12.5 Å². The van der Waals surface area contributed by atoms with E-state index in [1.165, 1.54) is 10.5 Å². The number of hydrogen-bond acceptors (Lipinski definition) is 3. The summed E-state index contributed by atoms with van der Waals surface area (Å²) >= 11 is 6.36. The molecule has 5 heteroatoms. The molecular formula is C15H17ClN2O2. The van der Waals surface area contributed by atoms with Gasteiger partial charge < -0.3 is 15.3 Å². The normalized spacial score (nSPS) is 22.1. The summed E-state index contributed by atoms with van der Waals surface area (Å²) in [6.07, 6.45) is 0.920. The summed E-state index contributed by atoms with van der Waals surface area (Å²) in [4.78, 5) is 13.7. The average Bonchev–Trinajstić information content (AvgIpc) is 2.74. The van der Waals surface area contributed by atoms with Gasteiger partial charge in [0.1, 0.15) is 0 Å². The Morgan fingerprint density at radius 1 is 1.35 bits per heavy atom. The number of benzene rings is 1. The molecule has 106 valence electrons. The minimum absolute atomic E-state index is 0.152. The summed E-state index contributed by atoms with van der Waals surface area (Å²) in [7, 11) is 0. The topological polar surface area (TPSA) is 52.6 Å². The van der Waals surface area contributed by atoms with Gasteiger partial charge in [-0.05, 0) is 32.0 Å². The van der Waals surface area contributed by atoms with Gasteiger partial charge in [-0.25, -0.2) is 0 Å². The summed E-state index contributed by atoms with van der Waals surface area (Å²) in [5.74, 6) is -0.152. The summed E-state index contributed by atoms with van der Waals surface area (Å²) in [5.41, 5.74) is 2.42. The van der Waals surface area contributed by atoms with Crippen LogP contribution in [0, 0.1) is 0 Å². The molecule has 2 heterocycles. The van der Waals surface area contributed by atoms with E-state index < -0.39 is 6.23 Å². The third kappa shape index (κ3) is 2.35. The van der Waals surface area contributed by atoms with Crippen LogP contribution >= 0.6 is 11.6 Å². The number of nitrogens with one attached hydrogen (secondary N) is 1. The Bertz CT molecular complexity index is 563. The van der Waals surface area contributed by atoms with Crippen LogP contribution < -0.4 is 5.32 Å². The van der Waals surface area contributed by atoms with Crippen LogP contribution in [0.25, 0.3) is 0 Å². The van der Waals surface area contributed by atoms with Crippen LogP contribution in [0.4, 0.5) is 0 Å². The van der Waals surface area contributed by atoms with Crippen molar-refractivity contribution in [3.8, 4) is 0 Å². The van der Waals surface area contributed by atoms with Gasteiger partial charge in [-0.3, -0.25) is 4.79 Å². The van der Waals surface area contributed by atoms with Crippen LogP contribution in [0.1, 0.15) is 35.0 Å². The lowest BCUT2D eigenvalue weighted by atomic mass is 10.1. The molecule has 2 aliphatic heterocycles. The highest BCUT2D eigenvalue weighted by Crippen LogP contribution is 2.33. The number of aliphatic hydroxyl groups is 1. The van der Waals surface area contributed by atoms with Gasteiger partial charge in [0, 0.05) is 16.2 Å². The second-order valence-electron chi connectivity index (χ2n) is 5.15. The highest BCUT2D eigenvalue weighted by molar-refractivity contribution is 6.30. The van der Waals surface area contributed by atoms with Gasteiger partial charge >= 0.3 is 0 Å². The van der Waals surface area contributed by atoms with E-state index in [4.69, 9.17) is 11.6 Å². The maximum Gasteiger partial charge on any atom is 0.256 e. The first kappa shape index (κ1) is 13.6. The molecule has 4 nitrogen and oxygen atoms in total. The fourth-order valence-electron chi connectivity index (χ4n) is 2.77. The Hall–Kier alpha value is -1.36. The highest BCUT2D eigenvalue weighted by atomic mass is 35.5. The molecule has 20 heavy (non-hydrogen) atoms. The number of carbonyl (C=O) groups excluding carboxylic acids is 1. The molecule has 1 aromatic carbocycles. The van der Waals surface area contributed by atoms with E-state index in [1.54, 1.807) is 18.2 Å². The second-order valence-corrected chi connectivity index (χ2v) is 5.61. The van der Waals surface area contributed by atoms with Gasteiger partial charge in [-0.15, -0.1) is 0 Å². The van der Waals surface area contributed by atoms with E-state index in [0.717, 1.165) is 25.9 Å². The van der Waals surface area contributed by atoms with Crippen LogP contribution in [-0.4, -0.2) is 35.5 Å².